The van der Waals surface area contributed by atoms with Gasteiger partial charge < -0.3 is 0 Å². The van der Waals surface area contributed by atoms with Gasteiger partial charge >= 0.3 is 0 Å². The first-order valence-corrected chi connectivity index (χ1v) is 9.38. The Labute approximate surface area is 161 Å². The van der Waals surface area contributed by atoms with E-state index in [1.54, 1.807) is 17.5 Å². The maximum atomic E-state index is 6.17. The van der Waals surface area contributed by atoms with Gasteiger partial charge in [-0.15, -0.1) is 11.3 Å². The van der Waals surface area contributed by atoms with E-state index in [0.29, 0.717) is 11.6 Å². The van der Waals surface area contributed by atoms with Crippen LogP contribution in [0.4, 0.5) is 0 Å². The van der Waals surface area contributed by atoms with Crippen LogP contribution >= 0.6 is 22.9 Å². The van der Waals surface area contributed by atoms with E-state index in [1.807, 2.05) is 66.4 Å². The van der Waals surface area contributed by atoms with Crippen molar-refractivity contribution in [2.75, 3.05) is 6.54 Å². The lowest BCUT2D eigenvalue weighted by Crippen LogP contribution is -2.15. The summed E-state index contributed by atoms with van der Waals surface area (Å²) in [5, 5.41) is 7.51. The molecule has 6 heteroatoms. The summed E-state index contributed by atoms with van der Waals surface area (Å²) < 4.78 is 1.85. The lowest BCUT2D eigenvalue weighted by atomic mass is 10.2. The van der Waals surface area contributed by atoms with Crippen LogP contribution in [0, 0.1) is 0 Å². The summed E-state index contributed by atoms with van der Waals surface area (Å²) in [5.41, 5.74) is 4.56. The SMILES string of the molecule is C=C(C)CN=c1scc(-c2cccc(Cl)c2)n1N=C(C)c1ccccn1. The predicted octanol–water partition coefficient (Wildman–Crippen LogP) is 5.01. The van der Waals surface area contributed by atoms with Crippen LogP contribution in [0.25, 0.3) is 11.3 Å². The number of benzene rings is 1. The molecule has 2 heterocycles. The summed E-state index contributed by atoms with van der Waals surface area (Å²) in [6.45, 7) is 8.39. The van der Waals surface area contributed by atoms with Gasteiger partial charge in [-0.2, -0.15) is 5.10 Å². The van der Waals surface area contributed by atoms with Crippen molar-refractivity contribution < 1.29 is 0 Å². The number of nitrogens with zero attached hydrogens (tertiary/aromatic N) is 4. The van der Waals surface area contributed by atoms with Gasteiger partial charge in [0.25, 0.3) is 0 Å². The van der Waals surface area contributed by atoms with Crippen molar-refractivity contribution in [3.63, 3.8) is 0 Å². The van der Waals surface area contributed by atoms with Crippen molar-refractivity contribution in [3.05, 3.63) is 81.7 Å². The van der Waals surface area contributed by atoms with E-state index in [1.165, 1.54) is 0 Å². The second-order valence-corrected chi connectivity index (χ2v) is 7.17. The van der Waals surface area contributed by atoms with Crippen molar-refractivity contribution in [2.24, 2.45) is 10.1 Å². The molecule has 3 aromatic rings. The quantitative estimate of drug-likeness (QED) is 0.451. The summed E-state index contributed by atoms with van der Waals surface area (Å²) in [7, 11) is 0. The van der Waals surface area contributed by atoms with Crippen molar-refractivity contribution in [3.8, 4) is 11.3 Å². The van der Waals surface area contributed by atoms with Gasteiger partial charge in [-0.05, 0) is 38.1 Å². The van der Waals surface area contributed by atoms with Gasteiger partial charge in [0.2, 0.25) is 4.80 Å². The number of hydrogen-bond donors (Lipinski definition) is 0. The lowest BCUT2D eigenvalue weighted by Gasteiger charge is -2.06. The topological polar surface area (TPSA) is 42.5 Å². The Balaban J connectivity index is 2.15. The van der Waals surface area contributed by atoms with Crippen molar-refractivity contribution in [1.29, 1.82) is 0 Å². The Morgan fingerprint density at radius 3 is 2.77 bits per heavy atom. The molecule has 0 atom stereocenters. The fourth-order valence-electron chi connectivity index (χ4n) is 2.33. The first kappa shape index (κ1) is 18.3. The average molecular weight is 383 g/mol. The van der Waals surface area contributed by atoms with E-state index >= 15 is 0 Å². The first-order chi connectivity index (χ1) is 12.5. The summed E-state index contributed by atoms with van der Waals surface area (Å²) in [6, 6.07) is 13.5. The fraction of sp³-hybridized carbons (Fsp3) is 0.150. The molecule has 0 aliphatic carbocycles. The van der Waals surface area contributed by atoms with Gasteiger partial charge in [0.15, 0.2) is 0 Å². The summed E-state index contributed by atoms with van der Waals surface area (Å²) >= 11 is 7.71. The smallest absolute Gasteiger partial charge is 0.206 e. The molecule has 0 spiro atoms. The van der Waals surface area contributed by atoms with Crippen LogP contribution in [-0.4, -0.2) is 21.9 Å². The highest BCUT2D eigenvalue weighted by Gasteiger charge is 2.09. The molecular formula is C20H19ClN4S. The molecule has 3 rings (SSSR count). The van der Waals surface area contributed by atoms with Crippen LogP contribution < -0.4 is 4.80 Å². The van der Waals surface area contributed by atoms with Crippen LogP contribution in [0.2, 0.25) is 5.02 Å². The third kappa shape index (κ3) is 4.36. The Hall–Kier alpha value is -2.50. The second-order valence-electron chi connectivity index (χ2n) is 5.90. The van der Waals surface area contributed by atoms with Crippen molar-refractivity contribution >= 4 is 28.6 Å². The molecule has 2 aromatic heterocycles. The lowest BCUT2D eigenvalue weighted by molar-refractivity contribution is 0.829. The van der Waals surface area contributed by atoms with Gasteiger partial charge in [-0.3, -0.25) is 9.98 Å². The molecule has 0 aliphatic heterocycles. The van der Waals surface area contributed by atoms with Crippen molar-refractivity contribution in [1.82, 2.24) is 9.66 Å². The number of hydrogen-bond acceptors (Lipinski definition) is 4. The first-order valence-electron chi connectivity index (χ1n) is 8.13. The van der Waals surface area contributed by atoms with Crippen LogP contribution in [0.15, 0.2) is 76.3 Å². The highest BCUT2D eigenvalue weighted by Crippen LogP contribution is 2.23. The van der Waals surface area contributed by atoms with Gasteiger partial charge in [0.05, 0.1) is 23.6 Å². The molecular weight excluding hydrogens is 364 g/mol. The number of rotatable bonds is 5. The Morgan fingerprint density at radius 2 is 2.08 bits per heavy atom. The summed E-state index contributed by atoms with van der Waals surface area (Å²) in [5.74, 6) is 0. The zero-order valence-electron chi connectivity index (χ0n) is 14.7. The zero-order chi connectivity index (χ0) is 18.5. The maximum absolute atomic E-state index is 6.17. The van der Waals surface area contributed by atoms with E-state index < -0.39 is 0 Å². The van der Waals surface area contributed by atoms with Crippen LogP contribution in [0.3, 0.4) is 0 Å². The number of aromatic nitrogens is 2. The summed E-state index contributed by atoms with van der Waals surface area (Å²) in [4.78, 5) is 9.82. The van der Waals surface area contributed by atoms with E-state index in [0.717, 1.165) is 33.0 Å². The van der Waals surface area contributed by atoms with Crippen molar-refractivity contribution in [2.45, 2.75) is 13.8 Å². The molecule has 1 aromatic carbocycles. The highest BCUT2D eigenvalue weighted by molar-refractivity contribution is 7.07. The van der Waals surface area contributed by atoms with Crippen LogP contribution in [-0.2, 0) is 0 Å². The third-order valence-corrected chi connectivity index (χ3v) is 4.66. The molecule has 0 N–H and O–H groups in total. The Morgan fingerprint density at radius 1 is 1.23 bits per heavy atom. The van der Waals surface area contributed by atoms with Gasteiger partial charge in [-0.25, -0.2) is 4.68 Å². The van der Waals surface area contributed by atoms with Gasteiger partial charge in [0, 0.05) is 22.2 Å². The number of halogens is 1. The van der Waals surface area contributed by atoms with Crippen LogP contribution in [0.1, 0.15) is 19.5 Å². The Bertz CT molecular complexity index is 1020. The Kier molecular flexibility index (Phi) is 5.81. The maximum Gasteiger partial charge on any atom is 0.206 e. The monoisotopic (exact) mass is 382 g/mol. The van der Waals surface area contributed by atoms with Crippen LogP contribution in [0.5, 0.6) is 0 Å². The summed E-state index contributed by atoms with van der Waals surface area (Å²) in [6.07, 6.45) is 1.76. The molecule has 132 valence electrons. The predicted molar refractivity (Wildman–Crippen MR) is 110 cm³/mol. The second kappa shape index (κ2) is 8.25. The molecule has 26 heavy (non-hydrogen) atoms. The number of pyridine rings is 1. The fourth-order valence-corrected chi connectivity index (χ4v) is 3.35. The highest BCUT2D eigenvalue weighted by atomic mass is 35.5. The minimum Gasteiger partial charge on any atom is -0.255 e. The minimum atomic E-state index is 0.563. The number of thiazole rings is 1. The molecule has 0 aliphatic rings. The van der Waals surface area contributed by atoms with E-state index in [-0.39, 0.29) is 0 Å². The van der Waals surface area contributed by atoms with Gasteiger partial charge in [-0.1, -0.05) is 42.0 Å². The molecule has 0 radical (unpaired) electrons. The molecule has 0 unspecified atom stereocenters. The average Bonchev–Trinajstić information content (AvgIpc) is 3.03. The van der Waals surface area contributed by atoms with E-state index in [4.69, 9.17) is 16.7 Å². The van der Waals surface area contributed by atoms with Gasteiger partial charge in [0.1, 0.15) is 0 Å². The molecule has 0 fully saturated rings. The minimum absolute atomic E-state index is 0.563. The standard InChI is InChI=1S/C20H19ClN4S/c1-14(2)12-23-20-25(24-15(3)18-9-4-5-10-22-18)19(13-26-20)16-7-6-8-17(21)11-16/h4-11,13H,1,12H2,2-3H3. The molecule has 0 saturated heterocycles. The normalized spacial score (nSPS) is 12.4. The third-order valence-electron chi connectivity index (χ3n) is 3.58. The molecule has 0 amide bonds. The van der Waals surface area contributed by atoms with E-state index in [2.05, 4.69) is 16.6 Å². The largest absolute Gasteiger partial charge is 0.255 e. The molecule has 4 nitrogen and oxygen atoms in total. The zero-order valence-corrected chi connectivity index (χ0v) is 16.3. The van der Waals surface area contributed by atoms with E-state index in [9.17, 15) is 0 Å². The molecule has 0 saturated carbocycles. The molecule has 0 bridgehead atoms.